The van der Waals surface area contributed by atoms with Crippen LogP contribution in [0.15, 0.2) is 24.3 Å². The molecule has 1 aliphatic rings. The van der Waals surface area contributed by atoms with Crippen molar-refractivity contribution in [1.29, 1.82) is 0 Å². The zero-order valence-corrected chi connectivity index (χ0v) is 12.0. The third-order valence-electron chi connectivity index (χ3n) is 3.29. The van der Waals surface area contributed by atoms with Gasteiger partial charge in [-0.05, 0) is 37.0 Å². The zero-order chi connectivity index (χ0) is 13.7. The first-order valence-electron chi connectivity index (χ1n) is 6.56. The Morgan fingerprint density at radius 1 is 1.35 bits per heavy atom. The minimum absolute atomic E-state index is 0. The predicted octanol–water partition coefficient (Wildman–Crippen LogP) is 1.41. The number of halogens is 2. The number of amides is 1. The molecule has 2 rings (SSSR count). The first kappa shape index (κ1) is 16.9. The molecule has 0 aliphatic carbocycles. The Bertz CT molecular complexity index is 428. The van der Waals surface area contributed by atoms with Gasteiger partial charge in [0.2, 0.25) is 5.91 Å². The fraction of sp³-hybridized carbons (Fsp3) is 0.500. The Hall–Kier alpha value is -1.17. The molecular weight excluding hydrogens is 283 g/mol. The molecule has 1 heterocycles. The van der Waals surface area contributed by atoms with Crippen molar-refractivity contribution in [3.63, 3.8) is 0 Å². The number of carbonyl (C=O) groups excluding carboxylic acids is 1. The van der Waals surface area contributed by atoms with Crippen LogP contribution in [0.2, 0.25) is 0 Å². The Kier molecular flexibility index (Phi) is 6.91. The van der Waals surface area contributed by atoms with E-state index in [1.165, 1.54) is 12.1 Å². The summed E-state index contributed by atoms with van der Waals surface area (Å²) in [6.07, 6.45) is 1.88. The maximum Gasteiger partial charge on any atom is 0.249 e. The molecule has 3 N–H and O–H groups in total. The van der Waals surface area contributed by atoms with Crippen LogP contribution in [0.25, 0.3) is 0 Å². The molecule has 0 saturated carbocycles. The minimum atomic E-state index is -0.373. The fourth-order valence-corrected chi connectivity index (χ4v) is 2.17. The van der Waals surface area contributed by atoms with E-state index in [-0.39, 0.29) is 36.3 Å². The summed E-state index contributed by atoms with van der Waals surface area (Å²) in [7, 11) is 0. The summed E-state index contributed by atoms with van der Waals surface area (Å²) < 4.78 is 18.2. The summed E-state index contributed by atoms with van der Waals surface area (Å²) in [5.74, 6) is -0.335. The second-order valence-corrected chi connectivity index (χ2v) is 4.73. The highest BCUT2D eigenvalue weighted by atomic mass is 35.5. The summed E-state index contributed by atoms with van der Waals surface area (Å²) in [5.41, 5.74) is 6.49. The van der Waals surface area contributed by atoms with E-state index in [2.05, 4.69) is 5.32 Å². The number of nitrogens with one attached hydrogen (secondary N) is 1. The Morgan fingerprint density at radius 2 is 2.05 bits per heavy atom. The largest absolute Gasteiger partial charge is 0.364 e. The number of carbonyl (C=O) groups is 1. The number of hydrogen-bond donors (Lipinski definition) is 2. The van der Waals surface area contributed by atoms with E-state index in [0.717, 1.165) is 18.4 Å². The number of nitrogens with two attached hydrogens (primary N) is 1. The SMILES string of the molecule is Cl.NC[C@H]1CC[C@@H](C(=O)NCCc2ccc(F)cc2)O1. The maximum atomic E-state index is 12.7. The minimum Gasteiger partial charge on any atom is -0.364 e. The molecule has 2 atom stereocenters. The van der Waals surface area contributed by atoms with E-state index in [1.807, 2.05) is 0 Å². The fourth-order valence-electron chi connectivity index (χ4n) is 2.17. The van der Waals surface area contributed by atoms with Crippen LogP contribution in [-0.4, -0.2) is 31.2 Å². The molecule has 1 amide bonds. The van der Waals surface area contributed by atoms with E-state index in [9.17, 15) is 9.18 Å². The molecule has 6 heteroatoms. The van der Waals surface area contributed by atoms with Crippen molar-refractivity contribution in [2.75, 3.05) is 13.1 Å². The van der Waals surface area contributed by atoms with Gasteiger partial charge >= 0.3 is 0 Å². The lowest BCUT2D eigenvalue weighted by Crippen LogP contribution is -2.36. The highest BCUT2D eigenvalue weighted by molar-refractivity contribution is 5.85. The smallest absolute Gasteiger partial charge is 0.249 e. The lowest BCUT2D eigenvalue weighted by Gasteiger charge is -2.12. The summed E-state index contributed by atoms with van der Waals surface area (Å²) in [6.45, 7) is 0.983. The third kappa shape index (κ3) is 4.74. The van der Waals surface area contributed by atoms with E-state index in [0.29, 0.717) is 19.5 Å². The highest BCUT2D eigenvalue weighted by Gasteiger charge is 2.29. The summed E-state index contributed by atoms with van der Waals surface area (Å²) in [6, 6.07) is 6.28. The van der Waals surface area contributed by atoms with Gasteiger partial charge in [-0.15, -0.1) is 12.4 Å². The zero-order valence-electron chi connectivity index (χ0n) is 11.2. The van der Waals surface area contributed by atoms with Crippen molar-refractivity contribution in [1.82, 2.24) is 5.32 Å². The van der Waals surface area contributed by atoms with Crippen LogP contribution in [0.1, 0.15) is 18.4 Å². The van der Waals surface area contributed by atoms with Gasteiger partial charge in [-0.2, -0.15) is 0 Å². The van der Waals surface area contributed by atoms with E-state index >= 15 is 0 Å². The van der Waals surface area contributed by atoms with Gasteiger partial charge in [0.1, 0.15) is 11.9 Å². The first-order valence-corrected chi connectivity index (χ1v) is 6.56. The molecule has 4 nitrogen and oxygen atoms in total. The van der Waals surface area contributed by atoms with Gasteiger partial charge in [-0.1, -0.05) is 12.1 Å². The topological polar surface area (TPSA) is 64.4 Å². The standard InChI is InChI=1S/C14H19FN2O2.ClH/c15-11-3-1-10(2-4-11)7-8-17-14(18)13-6-5-12(9-16)19-13;/h1-4,12-13H,5-9,16H2,(H,17,18);1H/t12-,13+;/m1./s1. The van der Waals surface area contributed by atoms with Crippen LogP contribution >= 0.6 is 12.4 Å². The molecular formula is C14H20ClFN2O2. The average Bonchev–Trinajstić information content (AvgIpc) is 2.90. The summed E-state index contributed by atoms with van der Waals surface area (Å²) >= 11 is 0. The van der Waals surface area contributed by atoms with Crippen LogP contribution < -0.4 is 11.1 Å². The molecule has 0 radical (unpaired) electrons. The van der Waals surface area contributed by atoms with Crippen LogP contribution in [0.3, 0.4) is 0 Å². The molecule has 0 unspecified atom stereocenters. The van der Waals surface area contributed by atoms with Gasteiger partial charge in [0, 0.05) is 13.1 Å². The Labute approximate surface area is 124 Å². The number of hydrogen-bond acceptors (Lipinski definition) is 3. The van der Waals surface area contributed by atoms with E-state index < -0.39 is 0 Å². The maximum absolute atomic E-state index is 12.7. The van der Waals surface area contributed by atoms with Crippen molar-refractivity contribution in [3.8, 4) is 0 Å². The molecule has 1 aliphatic heterocycles. The van der Waals surface area contributed by atoms with Gasteiger partial charge < -0.3 is 15.8 Å². The van der Waals surface area contributed by atoms with Gasteiger partial charge in [-0.25, -0.2) is 4.39 Å². The normalized spacial score (nSPS) is 21.3. The molecule has 1 aromatic carbocycles. The molecule has 1 aromatic rings. The second-order valence-electron chi connectivity index (χ2n) is 4.73. The monoisotopic (exact) mass is 302 g/mol. The van der Waals surface area contributed by atoms with Gasteiger partial charge in [0.25, 0.3) is 0 Å². The van der Waals surface area contributed by atoms with Crippen LogP contribution in [0.4, 0.5) is 4.39 Å². The Morgan fingerprint density at radius 3 is 2.65 bits per heavy atom. The van der Waals surface area contributed by atoms with Crippen molar-refractivity contribution in [3.05, 3.63) is 35.6 Å². The molecule has 0 bridgehead atoms. The van der Waals surface area contributed by atoms with E-state index in [1.54, 1.807) is 12.1 Å². The van der Waals surface area contributed by atoms with Gasteiger partial charge in [0.15, 0.2) is 0 Å². The molecule has 20 heavy (non-hydrogen) atoms. The molecule has 0 aromatic heterocycles. The predicted molar refractivity (Wildman–Crippen MR) is 77.3 cm³/mol. The van der Waals surface area contributed by atoms with Crippen molar-refractivity contribution < 1.29 is 13.9 Å². The number of rotatable bonds is 5. The third-order valence-corrected chi connectivity index (χ3v) is 3.29. The molecule has 0 spiro atoms. The van der Waals surface area contributed by atoms with Crippen molar-refractivity contribution in [2.24, 2.45) is 5.73 Å². The van der Waals surface area contributed by atoms with Crippen LogP contribution in [0.5, 0.6) is 0 Å². The highest BCUT2D eigenvalue weighted by Crippen LogP contribution is 2.18. The molecule has 1 saturated heterocycles. The van der Waals surface area contributed by atoms with Crippen LogP contribution in [0, 0.1) is 5.82 Å². The molecule has 112 valence electrons. The van der Waals surface area contributed by atoms with Crippen molar-refractivity contribution in [2.45, 2.75) is 31.5 Å². The van der Waals surface area contributed by atoms with Gasteiger partial charge in [-0.3, -0.25) is 4.79 Å². The quantitative estimate of drug-likeness (QED) is 0.864. The van der Waals surface area contributed by atoms with Crippen LogP contribution in [-0.2, 0) is 16.0 Å². The summed E-state index contributed by atoms with van der Waals surface area (Å²) in [4.78, 5) is 11.8. The lowest BCUT2D eigenvalue weighted by atomic mass is 10.1. The van der Waals surface area contributed by atoms with E-state index in [4.69, 9.17) is 10.5 Å². The molecule has 1 fully saturated rings. The number of benzene rings is 1. The lowest BCUT2D eigenvalue weighted by molar-refractivity contribution is -0.131. The van der Waals surface area contributed by atoms with Gasteiger partial charge in [0.05, 0.1) is 6.10 Å². The Balaban J connectivity index is 0.00000200. The second kappa shape index (κ2) is 8.19. The summed E-state index contributed by atoms with van der Waals surface area (Å²) in [5, 5.41) is 2.83. The first-order chi connectivity index (χ1) is 9.19. The van der Waals surface area contributed by atoms with Crippen molar-refractivity contribution >= 4 is 18.3 Å². The number of ether oxygens (including phenoxy) is 1. The average molecular weight is 303 g/mol.